The van der Waals surface area contributed by atoms with Crippen molar-refractivity contribution in [3.05, 3.63) is 21.9 Å². The Labute approximate surface area is 122 Å². The average Bonchev–Trinajstić information content (AvgIpc) is 2.90. The summed E-state index contributed by atoms with van der Waals surface area (Å²) in [5, 5.41) is 10.3. The number of aromatic nitrogens is 2. The van der Waals surface area contributed by atoms with E-state index in [2.05, 4.69) is 15.5 Å². The van der Waals surface area contributed by atoms with Gasteiger partial charge in [-0.1, -0.05) is 48.9 Å². The van der Waals surface area contributed by atoms with Crippen molar-refractivity contribution in [1.82, 2.24) is 15.5 Å². The second-order valence-electron chi connectivity index (χ2n) is 4.92. The molecule has 0 bridgehead atoms. The molecule has 104 valence electrons. The summed E-state index contributed by atoms with van der Waals surface area (Å²) in [4.78, 5) is 11.9. The minimum atomic E-state index is -0.242. The molecule has 1 N–H and O–H groups in total. The molecule has 1 aromatic rings. The van der Waals surface area contributed by atoms with Crippen molar-refractivity contribution in [2.45, 2.75) is 38.5 Å². The number of carbonyl (C=O) groups excluding carboxylic acids is 1. The Bertz CT molecular complexity index is 448. The van der Waals surface area contributed by atoms with E-state index in [0.717, 1.165) is 12.3 Å². The van der Waals surface area contributed by atoms with Crippen LogP contribution in [0.2, 0.25) is 10.3 Å². The van der Waals surface area contributed by atoms with Crippen LogP contribution >= 0.6 is 23.2 Å². The van der Waals surface area contributed by atoms with Crippen molar-refractivity contribution in [3.63, 3.8) is 0 Å². The molecule has 1 aliphatic carbocycles. The van der Waals surface area contributed by atoms with Crippen LogP contribution in [0.25, 0.3) is 0 Å². The summed E-state index contributed by atoms with van der Waals surface area (Å²) in [5.41, 5.74) is 0.280. The number of hydrogen-bond donors (Lipinski definition) is 1. The van der Waals surface area contributed by atoms with Gasteiger partial charge in [-0.2, -0.15) is 0 Å². The highest BCUT2D eigenvalue weighted by molar-refractivity contribution is 6.34. The van der Waals surface area contributed by atoms with Gasteiger partial charge in [-0.25, -0.2) is 0 Å². The first-order valence-corrected chi connectivity index (χ1v) is 7.39. The van der Waals surface area contributed by atoms with E-state index >= 15 is 0 Å². The van der Waals surface area contributed by atoms with E-state index in [1.807, 2.05) is 0 Å². The number of halogens is 2. The van der Waals surface area contributed by atoms with Crippen LogP contribution in [0.3, 0.4) is 0 Å². The van der Waals surface area contributed by atoms with Gasteiger partial charge in [0, 0.05) is 6.54 Å². The zero-order chi connectivity index (χ0) is 13.7. The maximum Gasteiger partial charge on any atom is 0.254 e. The topological polar surface area (TPSA) is 54.9 Å². The number of nitrogens with zero attached hydrogens (tertiary/aromatic N) is 2. The van der Waals surface area contributed by atoms with E-state index in [4.69, 9.17) is 23.2 Å². The van der Waals surface area contributed by atoms with Crippen LogP contribution in [0.15, 0.2) is 6.07 Å². The molecule has 1 saturated carbocycles. The molecule has 0 unspecified atom stereocenters. The summed E-state index contributed by atoms with van der Waals surface area (Å²) >= 11 is 11.5. The fourth-order valence-corrected chi connectivity index (χ4v) is 2.82. The van der Waals surface area contributed by atoms with Gasteiger partial charge in [-0.15, -0.1) is 10.2 Å². The third kappa shape index (κ3) is 4.32. The molecule has 4 nitrogen and oxygen atoms in total. The maximum atomic E-state index is 11.9. The van der Waals surface area contributed by atoms with Crippen molar-refractivity contribution >= 4 is 29.1 Å². The molecule has 1 amide bonds. The summed E-state index contributed by atoms with van der Waals surface area (Å²) in [6.07, 6.45) is 7.57. The van der Waals surface area contributed by atoms with Gasteiger partial charge in [0.25, 0.3) is 5.91 Å². The van der Waals surface area contributed by atoms with Gasteiger partial charge in [0.05, 0.1) is 5.56 Å². The minimum absolute atomic E-state index is 0.0812. The molecule has 0 saturated heterocycles. The van der Waals surface area contributed by atoms with E-state index < -0.39 is 0 Å². The van der Waals surface area contributed by atoms with Crippen molar-refractivity contribution in [3.8, 4) is 0 Å². The van der Waals surface area contributed by atoms with Gasteiger partial charge in [0.2, 0.25) is 0 Å². The second-order valence-corrected chi connectivity index (χ2v) is 5.67. The van der Waals surface area contributed by atoms with E-state index in [1.165, 1.54) is 38.2 Å². The van der Waals surface area contributed by atoms with E-state index in [1.54, 1.807) is 0 Å². The number of amides is 1. The highest BCUT2D eigenvalue weighted by Gasteiger charge is 2.15. The van der Waals surface area contributed by atoms with Gasteiger partial charge < -0.3 is 5.32 Å². The highest BCUT2D eigenvalue weighted by atomic mass is 35.5. The van der Waals surface area contributed by atoms with Crippen LogP contribution in [-0.4, -0.2) is 22.6 Å². The fraction of sp³-hybridized carbons (Fsp3) is 0.615. The van der Waals surface area contributed by atoms with E-state index in [0.29, 0.717) is 6.54 Å². The van der Waals surface area contributed by atoms with Gasteiger partial charge >= 0.3 is 0 Å². The largest absolute Gasteiger partial charge is 0.352 e. The second kappa shape index (κ2) is 7.06. The summed E-state index contributed by atoms with van der Waals surface area (Å²) in [6, 6.07) is 1.43. The molecule has 1 aromatic heterocycles. The Morgan fingerprint density at radius 1 is 1.32 bits per heavy atom. The van der Waals surface area contributed by atoms with Crippen LogP contribution in [0.1, 0.15) is 48.9 Å². The Morgan fingerprint density at radius 2 is 2.05 bits per heavy atom. The summed E-state index contributed by atoms with van der Waals surface area (Å²) in [5.74, 6) is 0.603. The third-order valence-corrected chi connectivity index (χ3v) is 3.98. The molecular weight excluding hydrogens is 285 g/mol. The zero-order valence-corrected chi connectivity index (χ0v) is 12.2. The lowest BCUT2D eigenvalue weighted by Crippen LogP contribution is -2.25. The molecule has 0 aliphatic heterocycles. The molecule has 0 atom stereocenters. The quantitative estimate of drug-likeness (QED) is 0.847. The Morgan fingerprint density at radius 3 is 2.79 bits per heavy atom. The lowest BCUT2D eigenvalue weighted by atomic mass is 10.0. The van der Waals surface area contributed by atoms with Crippen molar-refractivity contribution in [2.75, 3.05) is 6.54 Å². The summed E-state index contributed by atoms with van der Waals surface area (Å²) in [6.45, 7) is 0.658. The summed E-state index contributed by atoms with van der Waals surface area (Å²) < 4.78 is 0. The minimum Gasteiger partial charge on any atom is -0.352 e. The van der Waals surface area contributed by atoms with Gasteiger partial charge in [0.15, 0.2) is 10.3 Å². The van der Waals surface area contributed by atoms with Gasteiger partial charge in [0.1, 0.15) is 0 Å². The Hall–Kier alpha value is -0.870. The van der Waals surface area contributed by atoms with Crippen molar-refractivity contribution in [2.24, 2.45) is 5.92 Å². The number of hydrogen-bond acceptors (Lipinski definition) is 3. The summed E-state index contributed by atoms with van der Waals surface area (Å²) in [7, 11) is 0. The monoisotopic (exact) mass is 301 g/mol. The fourth-order valence-electron chi connectivity index (χ4n) is 2.50. The van der Waals surface area contributed by atoms with Gasteiger partial charge in [-0.3, -0.25) is 4.79 Å². The normalized spacial score (nSPS) is 15.7. The third-order valence-electron chi connectivity index (χ3n) is 3.51. The highest BCUT2D eigenvalue weighted by Crippen LogP contribution is 2.28. The van der Waals surface area contributed by atoms with Crippen LogP contribution in [0.4, 0.5) is 0 Å². The smallest absolute Gasteiger partial charge is 0.254 e. The lowest BCUT2D eigenvalue weighted by Gasteiger charge is -2.09. The first-order chi connectivity index (χ1) is 9.16. The number of nitrogens with one attached hydrogen (secondary N) is 1. The molecule has 0 radical (unpaired) electrons. The van der Waals surface area contributed by atoms with Crippen molar-refractivity contribution < 1.29 is 4.79 Å². The lowest BCUT2D eigenvalue weighted by molar-refractivity contribution is 0.0952. The Balaban J connectivity index is 1.75. The van der Waals surface area contributed by atoms with E-state index in [9.17, 15) is 4.79 Å². The van der Waals surface area contributed by atoms with Gasteiger partial charge in [-0.05, 0) is 24.8 Å². The van der Waals surface area contributed by atoms with Crippen LogP contribution < -0.4 is 5.32 Å². The van der Waals surface area contributed by atoms with Crippen LogP contribution in [0, 0.1) is 5.92 Å². The standard InChI is InChI=1S/C13H17Cl2N3O/c14-11-8-10(12(15)18-17-11)13(19)16-7-3-6-9-4-1-2-5-9/h8-9H,1-7H2,(H,16,19). The predicted octanol–water partition coefficient (Wildman–Crippen LogP) is 3.48. The molecule has 2 rings (SSSR count). The van der Waals surface area contributed by atoms with Crippen molar-refractivity contribution in [1.29, 1.82) is 0 Å². The molecular formula is C13H17Cl2N3O. The molecule has 1 heterocycles. The average molecular weight is 302 g/mol. The maximum absolute atomic E-state index is 11.9. The van der Waals surface area contributed by atoms with Crippen LogP contribution in [0.5, 0.6) is 0 Å². The molecule has 6 heteroatoms. The molecule has 19 heavy (non-hydrogen) atoms. The van der Waals surface area contributed by atoms with Crippen LogP contribution in [-0.2, 0) is 0 Å². The molecule has 0 spiro atoms. The first-order valence-electron chi connectivity index (χ1n) is 6.63. The Kier molecular flexibility index (Phi) is 5.40. The predicted molar refractivity (Wildman–Crippen MR) is 75.6 cm³/mol. The van der Waals surface area contributed by atoms with E-state index in [-0.39, 0.29) is 21.8 Å². The number of rotatable bonds is 5. The molecule has 0 aromatic carbocycles. The first kappa shape index (κ1) is 14.5. The molecule has 1 fully saturated rings. The zero-order valence-electron chi connectivity index (χ0n) is 10.7. The molecule has 1 aliphatic rings. The number of carbonyl (C=O) groups is 1. The SMILES string of the molecule is O=C(NCCCC1CCCC1)c1cc(Cl)nnc1Cl.